The Balaban J connectivity index is 2.03. The second kappa shape index (κ2) is 6.25. The summed E-state index contributed by atoms with van der Waals surface area (Å²) in [7, 11) is 1.31. The molecule has 0 spiro atoms. The number of carbonyl (C=O) groups excluding carboxylic acids is 3. The molecule has 21 heavy (non-hydrogen) atoms. The number of nitrogens with zero attached hydrogens (tertiary/aromatic N) is 1. The van der Waals surface area contributed by atoms with Crippen LogP contribution >= 0.6 is 0 Å². The summed E-state index contributed by atoms with van der Waals surface area (Å²) in [5, 5.41) is 2.61. The fourth-order valence-electron chi connectivity index (χ4n) is 1.99. The summed E-state index contributed by atoms with van der Waals surface area (Å²) in [5.41, 5.74) is 1.03. The van der Waals surface area contributed by atoms with E-state index in [2.05, 4.69) is 10.1 Å². The highest BCUT2D eigenvalue weighted by Gasteiger charge is 2.32. The highest BCUT2D eigenvalue weighted by Crippen LogP contribution is 2.22. The number of hydrogen-bond acceptors (Lipinski definition) is 5. The van der Waals surface area contributed by atoms with Gasteiger partial charge in [0.05, 0.1) is 25.8 Å². The molecule has 7 nitrogen and oxygen atoms in total. The Hall–Kier alpha value is -2.57. The van der Waals surface area contributed by atoms with Gasteiger partial charge in [0.25, 0.3) is 0 Å². The molecule has 1 atom stereocenters. The first kappa shape index (κ1) is 14.8. The lowest BCUT2D eigenvalue weighted by Crippen LogP contribution is -2.33. The van der Waals surface area contributed by atoms with E-state index < -0.39 is 12.1 Å². The normalized spacial score (nSPS) is 17.3. The van der Waals surface area contributed by atoms with Crippen LogP contribution in [0.4, 0.5) is 10.5 Å². The number of hydrogen-bond donors (Lipinski definition) is 1. The van der Waals surface area contributed by atoms with Gasteiger partial charge in [-0.2, -0.15) is 0 Å². The van der Waals surface area contributed by atoms with E-state index in [1.165, 1.54) is 18.9 Å². The van der Waals surface area contributed by atoms with Crippen LogP contribution in [0, 0.1) is 0 Å². The van der Waals surface area contributed by atoms with Gasteiger partial charge in [0.1, 0.15) is 6.10 Å². The van der Waals surface area contributed by atoms with E-state index in [0.29, 0.717) is 17.8 Å². The Morgan fingerprint density at radius 3 is 2.62 bits per heavy atom. The Bertz CT molecular complexity index is 555. The van der Waals surface area contributed by atoms with Crippen molar-refractivity contribution in [3.05, 3.63) is 29.8 Å². The van der Waals surface area contributed by atoms with Gasteiger partial charge >= 0.3 is 12.1 Å². The summed E-state index contributed by atoms with van der Waals surface area (Å²) < 4.78 is 9.77. The number of ether oxygens (including phenoxy) is 2. The number of methoxy groups -OCH3 is 1. The molecule has 0 unspecified atom stereocenters. The van der Waals surface area contributed by atoms with Gasteiger partial charge in [-0.3, -0.25) is 9.69 Å². The number of cyclic esters (lactones) is 1. The molecule has 2 amide bonds. The van der Waals surface area contributed by atoms with Crippen molar-refractivity contribution in [3.8, 4) is 0 Å². The van der Waals surface area contributed by atoms with Gasteiger partial charge < -0.3 is 14.8 Å². The summed E-state index contributed by atoms with van der Waals surface area (Å²) in [6.07, 6.45) is -0.863. The number of amides is 2. The van der Waals surface area contributed by atoms with Crippen molar-refractivity contribution < 1.29 is 23.9 Å². The zero-order chi connectivity index (χ0) is 15.4. The van der Waals surface area contributed by atoms with Crippen LogP contribution in [0.2, 0.25) is 0 Å². The SMILES string of the molecule is COC(=O)c1ccc(N2C[C@H](CNC(C)=O)OC2=O)cc1. The minimum atomic E-state index is -0.476. The maximum absolute atomic E-state index is 11.8. The van der Waals surface area contributed by atoms with Gasteiger partial charge in [-0.1, -0.05) is 0 Å². The van der Waals surface area contributed by atoms with Crippen LogP contribution in [0.3, 0.4) is 0 Å². The van der Waals surface area contributed by atoms with E-state index in [-0.39, 0.29) is 18.6 Å². The second-order valence-corrected chi connectivity index (χ2v) is 4.59. The van der Waals surface area contributed by atoms with E-state index in [1.807, 2.05) is 0 Å². The van der Waals surface area contributed by atoms with E-state index in [1.54, 1.807) is 24.3 Å². The molecule has 2 rings (SSSR count). The first-order valence-corrected chi connectivity index (χ1v) is 6.42. The largest absolute Gasteiger partial charge is 0.465 e. The van der Waals surface area contributed by atoms with Gasteiger partial charge in [0.2, 0.25) is 5.91 Å². The summed E-state index contributed by atoms with van der Waals surface area (Å²) >= 11 is 0. The number of esters is 1. The van der Waals surface area contributed by atoms with Crippen LogP contribution in [0.1, 0.15) is 17.3 Å². The minimum Gasteiger partial charge on any atom is -0.465 e. The van der Waals surface area contributed by atoms with E-state index in [9.17, 15) is 14.4 Å². The molecule has 0 radical (unpaired) electrons. The maximum Gasteiger partial charge on any atom is 0.414 e. The monoisotopic (exact) mass is 292 g/mol. The molecule has 112 valence electrons. The summed E-state index contributed by atoms with van der Waals surface area (Å²) in [5.74, 6) is -0.610. The van der Waals surface area contributed by atoms with Crippen molar-refractivity contribution in [2.75, 3.05) is 25.1 Å². The third-order valence-corrected chi connectivity index (χ3v) is 3.05. The lowest BCUT2D eigenvalue weighted by atomic mass is 10.2. The maximum atomic E-state index is 11.8. The van der Waals surface area contributed by atoms with Gasteiger partial charge in [0.15, 0.2) is 0 Å². The van der Waals surface area contributed by atoms with Crippen molar-refractivity contribution in [1.82, 2.24) is 5.32 Å². The van der Waals surface area contributed by atoms with Gasteiger partial charge in [-0.15, -0.1) is 0 Å². The van der Waals surface area contributed by atoms with Crippen LogP contribution in [0.15, 0.2) is 24.3 Å². The summed E-state index contributed by atoms with van der Waals surface area (Å²) in [4.78, 5) is 35.5. The average molecular weight is 292 g/mol. The van der Waals surface area contributed by atoms with Crippen molar-refractivity contribution in [2.24, 2.45) is 0 Å². The van der Waals surface area contributed by atoms with Gasteiger partial charge in [0, 0.05) is 12.6 Å². The molecule has 0 aromatic heterocycles. The molecule has 0 saturated carbocycles. The third-order valence-electron chi connectivity index (χ3n) is 3.05. The first-order chi connectivity index (χ1) is 10.0. The molecule has 0 aliphatic carbocycles. The van der Waals surface area contributed by atoms with Gasteiger partial charge in [-0.25, -0.2) is 9.59 Å². The number of anilines is 1. The topological polar surface area (TPSA) is 84.9 Å². The molecule has 1 heterocycles. The molecular weight excluding hydrogens is 276 g/mol. The molecule has 1 aromatic carbocycles. The minimum absolute atomic E-state index is 0.174. The Labute approximate surface area is 121 Å². The fourth-order valence-corrected chi connectivity index (χ4v) is 1.99. The highest BCUT2D eigenvalue weighted by molar-refractivity contribution is 5.92. The Morgan fingerprint density at radius 2 is 2.05 bits per heavy atom. The summed E-state index contributed by atoms with van der Waals surface area (Å²) in [6.45, 7) is 2.02. The molecule has 1 aromatic rings. The Kier molecular flexibility index (Phi) is 4.42. The fraction of sp³-hybridized carbons (Fsp3) is 0.357. The molecule has 0 bridgehead atoms. The quantitative estimate of drug-likeness (QED) is 0.835. The smallest absolute Gasteiger partial charge is 0.414 e. The zero-order valence-electron chi connectivity index (χ0n) is 11.8. The van der Waals surface area contributed by atoms with Crippen LogP contribution in [0.5, 0.6) is 0 Å². The van der Waals surface area contributed by atoms with Gasteiger partial charge in [-0.05, 0) is 24.3 Å². The van der Waals surface area contributed by atoms with Crippen molar-refractivity contribution >= 4 is 23.7 Å². The zero-order valence-corrected chi connectivity index (χ0v) is 11.8. The predicted molar refractivity (Wildman–Crippen MR) is 74.1 cm³/mol. The number of carbonyl (C=O) groups is 3. The van der Waals surface area contributed by atoms with Crippen LogP contribution in [0.25, 0.3) is 0 Å². The lowest BCUT2D eigenvalue weighted by Gasteiger charge is -2.13. The molecular formula is C14H16N2O5. The molecule has 1 saturated heterocycles. The molecule has 1 fully saturated rings. The molecule has 1 aliphatic rings. The number of benzene rings is 1. The van der Waals surface area contributed by atoms with E-state index >= 15 is 0 Å². The lowest BCUT2D eigenvalue weighted by molar-refractivity contribution is -0.119. The second-order valence-electron chi connectivity index (χ2n) is 4.59. The molecule has 1 N–H and O–H groups in total. The van der Waals surface area contributed by atoms with E-state index in [4.69, 9.17) is 4.74 Å². The standard InChI is InChI=1S/C14H16N2O5/c1-9(17)15-7-12-8-16(14(19)21-12)11-5-3-10(4-6-11)13(18)20-2/h3-6,12H,7-8H2,1-2H3,(H,15,17)/t12-/m0/s1. The van der Waals surface area contributed by atoms with Crippen molar-refractivity contribution in [2.45, 2.75) is 13.0 Å². The molecule has 1 aliphatic heterocycles. The average Bonchev–Trinajstić information content (AvgIpc) is 2.85. The predicted octanol–water partition coefficient (Wildman–Crippen LogP) is 0.934. The van der Waals surface area contributed by atoms with Crippen LogP contribution < -0.4 is 10.2 Å². The van der Waals surface area contributed by atoms with Crippen molar-refractivity contribution in [3.63, 3.8) is 0 Å². The van der Waals surface area contributed by atoms with Crippen LogP contribution in [-0.2, 0) is 14.3 Å². The van der Waals surface area contributed by atoms with E-state index in [0.717, 1.165) is 0 Å². The van der Waals surface area contributed by atoms with Crippen LogP contribution in [-0.4, -0.2) is 44.3 Å². The first-order valence-electron chi connectivity index (χ1n) is 6.42. The molecule has 7 heteroatoms. The number of nitrogens with one attached hydrogen (secondary N) is 1. The van der Waals surface area contributed by atoms with Crippen molar-refractivity contribution in [1.29, 1.82) is 0 Å². The summed E-state index contributed by atoms with van der Waals surface area (Å²) in [6, 6.07) is 6.45. The highest BCUT2D eigenvalue weighted by atomic mass is 16.6. The third kappa shape index (κ3) is 3.50. The Morgan fingerprint density at radius 1 is 1.38 bits per heavy atom. The number of rotatable bonds is 4.